The Morgan fingerprint density at radius 2 is 2.21 bits per heavy atom. The fraction of sp³-hybridized carbons (Fsp3) is 0.467. The van der Waals surface area contributed by atoms with E-state index in [1.165, 1.54) is 0 Å². The van der Waals surface area contributed by atoms with Crippen molar-refractivity contribution in [3.63, 3.8) is 0 Å². The van der Waals surface area contributed by atoms with Gasteiger partial charge in [-0.15, -0.1) is 0 Å². The molecule has 0 heterocycles. The SMILES string of the molecule is CC(C)C(CC#N)c1cccc(C(=O)NCCN)c1. The highest BCUT2D eigenvalue weighted by molar-refractivity contribution is 5.94. The van der Waals surface area contributed by atoms with Crippen LogP contribution in [0.2, 0.25) is 0 Å². The summed E-state index contributed by atoms with van der Waals surface area (Å²) < 4.78 is 0. The van der Waals surface area contributed by atoms with Crippen molar-refractivity contribution >= 4 is 5.91 Å². The Morgan fingerprint density at radius 3 is 2.79 bits per heavy atom. The number of hydrogen-bond acceptors (Lipinski definition) is 3. The second kappa shape index (κ2) is 7.55. The molecule has 0 saturated heterocycles. The van der Waals surface area contributed by atoms with Gasteiger partial charge in [0.1, 0.15) is 0 Å². The van der Waals surface area contributed by atoms with E-state index in [2.05, 4.69) is 25.2 Å². The van der Waals surface area contributed by atoms with Gasteiger partial charge >= 0.3 is 0 Å². The van der Waals surface area contributed by atoms with Crippen molar-refractivity contribution in [2.24, 2.45) is 11.7 Å². The van der Waals surface area contributed by atoms with Gasteiger partial charge < -0.3 is 11.1 Å². The lowest BCUT2D eigenvalue weighted by molar-refractivity contribution is 0.0954. The van der Waals surface area contributed by atoms with Crippen molar-refractivity contribution in [3.8, 4) is 6.07 Å². The highest BCUT2D eigenvalue weighted by atomic mass is 16.1. The van der Waals surface area contributed by atoms with E-state index in [9.17, 15) is 4.79 Å². The molecular formula is C15H21N3O. The van der Waals surface area contributed by atoms with Gasteiger partial charge in [0, 0.05) is 25.1 Å². The van der Waals surface area contributed by atoms with Crippen LogP contribution in [0.15, 0.2) is 24.3 Å². The molecule has 1 unspecified atom stereocenters. The van der Waals surface area contributed by atoms with Gasteiger partial charge in [0.25, 0.3) is 5.91 Å². The molecule has 1 atom stereocenters. The van der Waals surface area contributed by atoms with Crippen molar-refractivity contribution < 1.29 is 4.79 Å². The molecule has 4 nitrogen and oxygen atoms in total. The predicted molar refractivity (Wildman–Crippen MR) is 75.6 cm³/mol. The fourth-order valence-electron chi connectivity index (χ4n) is 2.04. The second-order valence-electron chi connectivity index (χ2n) is 4.88. The molecule has 1 aromatic rings. The maximum Gasteiger partial charge on any atom is 0.251 e. The summed E-state index contributed by atoms with van der Waals surface area (Å²) in [5.74, 6) is 0.404. The average Bonchev–Trinajstić information content (AvgIpc) is 2.41. The summed E-state index contributed by atoms with van der Waals surface area (Å²) in [6, 6.07) is 9.69. The summed E-state index contributed by atoms with van der Waals surface area (Å²) in [5, 5.41) is 11.6. The molecule has 0 aliphatic heterocycles. The van der Waals surface area contributed by atoms with Gasteiger partial charge in [-0.3, -0.25) is 4.79 Å². The molecule has 0 spiro atoms. The lowest BCUT2D eigenvalue weighted by atomic mass is 9.85. The third kappa shape index (κ3) is 4.38. The number of amides is 1. The van der Waals surface area contributed by atoms with Gasteiger partial charge in [-0.2, -0.15) is 5.26 Å². The van der Waals surface area contributed by atoms with E-state index in [0.717, 1.165) is 5.56 Å². The topological polar surface area (TPSA) is 78.9 Å². The Morgan fingerprint density at radius 1 is 1.47 bits per heavy atom. The lowest BCUT2D eigenvalue weighted by Gasteiger charge is -2.19. The van der Waals surface area contributed by atoms with Gasteiger partial charge in [-0.05, 0) is 29.5 Å². The Bertz CT molecular complexity index is 463. The van der Waals surface area contributed by atoms with Crippen molar-refractivity contribution in [2.45, 2.75) is 26.2 Å². The minimum absolute atomic E-state index is 0.119. The maximum absolute atomic E-state index is 11.9. The molecule has 1 aromatic carbocycles. The van der Waals surface area contributed by atoms with Crippen LogP contribution in [0, 0.1) is 17.2 Å². The van der Waals surface area contributed by atoms with E-state index in [0.29, 0.717) is 31.0 Å². The Balaban J connectivity index is 2.92. The molecule has 102 valence electrons. The zero-order chi connectivity index (χ0) is 14.3. The average molecular weight is 259 g/mol. The van der Waals surface area contributed by atoms with E-state index >= 15 is 0 Å². The van der Waals surface area contributed by atoms with Crippen LogP contribution in [0.4, 0.5) is 0 Å². The van der Waals surface area contributed by atoms with E-state index in [1.54, 1.807) is 6.07 Å². The number of benzene rings is 1. The first-order chi connectivity index (χ1) is 9.10. The molecule has 19 heavy (non-hydrogen) atoms. The van der Waals surface area contributed by atoms with Gasteiger partial charge in [0.05, 0.1) is 6.07 Å². The summed E-state index contributed by atoms with van der Waals surface area (Å²) >= 11 is 0. The van der Waals surface area contributed by atoms with E-state index in [-0.39, 0.29) is 11.8 Å². The molecule has 0 saturated carbocycles. The molecule has 4 heteroatoms. The van der Waals surface area contributed by atoms with Crippen LogP contribution in [-0.2, 0) is 0 Å². The molecular weight excluding hydrogens is 238 g/mol. The third-order valence-electron chi connectivity index (χ3n) is 3.12. The standard InChI is InChI=1S/C15H21N3O/c1-11(2)14(6-7-16)12-4-3-5-13(10-12)15(19)18-9-8-17/h3-5,10-11,14H,6,8-9,17H2,1-2H3,(H,18,19). The number of nitriles is 1. The van der Waals surface area contributed by atoms with Crippen LogP contribution < -0.4 is 11.1 Å². The van der Waals surface area contributed by atoms with Crippen molar-refractivity contribution in [1.29, 1.82) is 5.26 Å². The number of rotatable bonds is 6. The number of carbonyl (C=O) groups is 1. The number of nitrogens with two attached hydrogens (primary N) is 1. The highest BCUT2D eigenvalue weighted by Crippen LogP contribution is 2.28. The van der Waals surface area contributed by atoms with Crippen molar-refractivity contribution in [1.82, 2.24) is 5.32 Å². The third-order valence-corrected chi connectivity index (χ3v) is 3.12. The number of hydrogen-bond donors (Lipinski definition) is 2. The summed E-state index contributed by atoms with van der Waals surface area (Å²) in [6.45, 7) is 5.07. The molecule has 0 radical (unpaired) electrons. The minimum atomic E-state index is -0.119. The highest BCUT2D eigenvalue weighted by Gasteiger charge is 2.16. The molecule has 3 N–H and O–H groups in total. The van der Waals surface area contributed by atoms with Gasteiger partial charge in [0.2, 0.25) is 0 Å². The molecule has 1 amide bonds. The number of nitrogens with one attached hydrogen (secondary N) is 1. The van der Waals surface area contributed by atoms with E-state index in [4.69, 9.17) is 11.0 Å². The molecule has 0 aliphatic carbocycles. The predicted octanol–water partition coefficient (Wildman–Crippen LogP) is 2.03. The fourth-order valence-corrected chi connectivity index (χ4v) is 2.04. The zero-order valence-electron chi connectivity index (χ0n) is 11.5. The first-order valence-electron chi connectivity index (χ1n) is 6.55. The van der Waals surface area contributed by atoms with Crippen LogP contribution in [0.3, 0.4) is 0 Å². The quantitative estimate of drug-likeness (QED) is 0.820. The summed E-state index contributed by atoms with van der Waals surface area (Å²) in [5.41, 5.74) is 7.02. The van der Waals surface area contributed by atoms with Gasteiger partial charge in [-0.25, -0.2) is 0 Å². The maximum atomic E-state index is 11.9. The zero-order valence-corrected chi connectivity index (χ0v) is 11.5. The van der Waals surface area contributed by atoms with Crippen LogP contribution in [0.1, 0.15) is 42.1 Å². The second-order valence-corrected chi connectivity index (χ2v) is 4.88. The number of nitrogens with zero attached hydrogens (tertiary/aromatic N) is 1. The Hall–Kier alpha value is -1.86. The summed E-state index contributed by atoms with van der Waals surface area (Å²) in [7, 11) is 0. The molecule has 0 fully saturated rings. The monoisotopic (exact) mass is 259 g/mol. The van der Waals surface area contributed by atoms with Gasteiger partial charge in [0.15, 0.2) is 0 Å². The summed E-state index contributed by atoms with van der Waals surface area (Å²) in [6.07, 6.45) is 0.464. The molecule has 0 aromatic heterocycles. The largest absolute Gasteiger partial charge is 0.351 e. The van der Waals surface area contributed by atoms with E-state index in [1.807, 2.05) is 18.2 Å². The number of carbonyl (C=O) groups excluding carboxylic acids is 1. The van der Waals surface area contributed by atoms with Gasteiger partial charge in [-0.1, -0.05) is 26.0 Å². The lowest BCUT2D eigenvalue weighted by Crippen LogP contribution is -2.29. The minimum Gasteiger partial charge on any atom is -0.351 e. The molecule has 0 bridgehead atoms. The van der Waals surface area contributed by atoms with Crippen molar-refractivity contribution in [2.75, 3.05) is 13.1 Å². The van der Waals surface area contributed by atoms with Crippen LogP contribution in [-0.4, -0.2) is 19.0 Å². The van der Waals surface area contributed by atoms with Crippen LogP contribution >= 0.6 is 0 Å². The Kier molecular flexibility index (Phi) is 6.04. The van der Waals surface area contributed by atoms with Crippen molar-refractivity contribution in [3.05, 3.63) is 35.4 Å². The molecule has 1 rings (SSSR count). The molecule has 0 aliphatic rings. The summed E-state index contributed by atoms with van der Waals surface area (Å²) in [4.78, 5) is 11.9. The van der Waals surface area contributed by atoms with E-state index < -0.39 is 0 Å². The Labute approximate surface area is 114 Å². The van der Waals surface area contributed by atoms with Crippen LogP contribution in [0.5, 0.6) is 0 Å². The first-order valence-corrected chi connectivity index (χ1v) is 6.55. The first kappa shape index (κ1) is 15.2. The smallest absolute Gasteiger partial charge is 0.251 e. The normalized spacial score (nSPS) is 11.9. The van der Waals surface area contributed by atoms with Crippen LogP contribution in [0.25, 0.3) is 0 Å².